The third kappa shape index (κ3) is 2.36. The highest BCUT2D eigenvalue weighted by atomic mass is 32.2. The minimum atomic E-state index is -0.380. The van der Waals surface area contributed by atoms with Crippen LogP contribution in [-0.4, -0.2) is 35.3 Å². The molecule has 1 aromatic carbocycles. The number of terminal acetylenes is 1. The van der Waals surface area contributed by atoms with Crippen LogP contribution < -0.4 is 4.74 Å². The zero-order valence-corrected chi connectivity index (χ0v) is 11.7. The molecule has 102 valence electrons. The van der Waals surface area contributed by atoms with Crippen LogP contribution in [0.5, 0.6) is 11.5 Å². The molecule has 0 aliphatic carbocycles. The molecule has 5 nitrogen and oxygen atoms in total. The van der Waals surface area contributed by atoms with Gasteiger partial charge in [-0.2, -0.15) is 0 Å². The molecule has 1 N–H and O–H groups in total. The van der Waals surface area contributed by atoms with Crippen molar-refractivity contribution in [1.29, 1.82) is 0 Å². The molecule has 1 heterocycles. The lowest BCUT2D eigenvalue weighted by molar-refractivity contribution is -0.121. The Bertz CT molecular complexity index is 672. The summed E-state index contributed by atoms with van der Waals surface area (Å²) >= 11 is 0.840. The highest BCUT2D eigenvalue weighted by Crippen LogP contribution is 2.34. The van der Waals surface area contributed by atoms with E-state index in [9.17, 15) is 14.7 Å². The highest BCUT2D eigenvalue weighted by Gasteiger charge is 2.32. The van der Waals surface area contributed by atoms with Gasteiger partial charge in [-0.15, -0.1) is 6.42 Å². The lowest BCUT2D eigenvalue weighted by Crippen LogP contribution is -2.22. The number of thioether (sulfide) groups is 1. The van der Waals surface area contributed by atoms with Gasteiger partial charge in [-0.25, -0.2) is 0 Å². The lowest BCUT2D eigenvalue weighted by Gasteiger charge is -2.07. The Labute approximate surface area is 120 Å². The maximum Gasteiger partial charge on any atom is 0.293 e. The van der Waals surface area contributed by atoms with Crippen LogP contribution in [0, 0.1) is 12.3 Å². The summed E-state index contributed by atoms with van der Waals surface area (Å²) in [6.45, 7) is 0. The first-order valence-corrected chi connectivity index (χ1v) is 6.38. The second-order valence-electron chi connectivity index (χ2n) is 4.00. The van der Waals surface area contributed by atoms with Gasteiger partial charge in [0, 0.05) is 12.6 Å². The highest BCUT2D eigenvalue weighted by molar-refractivity contribution is 8.18. The summed E-state index contributed by atoms with van der Waals surface area (Å²) in [4.78, 5) is 24.6. The number of methoxy groups -OCH3 is 1. The Morgan fingerprint density at radius 3 is 2.65 bits per heavy atom. The summed E-state index contributed by atoms with van der Waals surface area (Å²) in [6.07, 6.45) is 6.89. The third-order valence-corrected chi connectivity index (χ3v) is 3.74. The average molecular weight is 289 g/mol. The van der Waals surface area contributed by atoms with E-state index in [-0.39, 0.29) is 27.6 Å². The number of hydrogen-bond donors (Lipinski definition) is 1. The molecule has 1 fully saturated rings. The Morgan fingerprint density at radius 1 is 1.45 bits per heavy atom. The zero-order valence-electron chi connectivity index (χ0n) is 10.8. The quantitative estimate of drug-likeness (QED) is 0.666. The minimum Gasteiger partial charge on any atom is -0.504 e. The fourth-order valence-electron chi connectivity index (χ4n) is 1.68. The fraction of sp³-hybridized carbons (Fsp3) is 0.143. The molecule has 0 atom stereocenters. The van der Waals surface area contributed by atoms with Crippen molar-refractivity contribution in [2.45, 2.75) is 0 Å². The predicted molar refractivity (Wildman–Crippen MR) is 76.3 cm³/mol. The van der Waals surface area contributed by atoms with Crippen molar-refractivity contribution in [2.75, 3.05) is 14.2 Å². The standard InChI is InChI=1S/C14H11NO4S/c1-4-8-5-10(16)11(19-3)6-9(8)7-12-13(17)15(2)14(18)20-12/h1,5-7,16H,2-3H3/b12-7-. The molecule has 0 aromatic heterocycles. The van der Waals surface area contributed by atoms with Gasteiger partial charge in [0.2, 0.25) is 0 Å². The number of phenols is 1. The van der Waals surface area contributed by atoms with Gasteiger partial charge in [-0.1, -0.05) is 5.92 Å². The maximum atomic E-state index is 11.8. The number of carbonyl (C=O) groups excluding carboxylic acids is 2. The van der Waals surface area contributed by atoms with Crippen LogP contribution in [0.25, 0.3) is 6.08 Å². The molecule has 0 saturated carbocycles. The zero-order chi connectivity index (χ0) is 14.9. The van der Waals surface area contributed by atoms with E-state index in [1.54, 1.807) is 0 Å². The number of amides is 2. The monoisotopic (exact) mass is 289 g/mol. The predicted octanol–water partition coefficient (Wildman–Crippen LogP) is 2.05. The molecular formula is C14H11NO4S. The van der Waals surface area contributed by atoms with Crippen molar-refractivity contribution in [1.82, 2.24) is 4.90 Å². The maximum absolute atomic E-state index is 11.8. The van der Waals surface area contributed by atoms with Crippen molar-refractivity contribution in [3.8, 4) is 23.8 Å². The summed E-state index contributed by atoms with van der Waals surface area (Å²) in [5, 5.41) is 9.33. The van der Waals surface area contributed by atoms with Crippen molar-refractivity contribution in [3.05, 3.63) is 28.2 Å². The molecule has 1 aliphatic heterocycles. The molecule has 0 radical (unpaired) electrons. The number of phenolic OH excluding ortho intramolecular Hbond substituents is 1. The van der Waals surface area contributed by atoms with E-state index >= 15 is 0 Å². The Balaban J connectivity index is 2.51. The van der Waals surface area contributed by atoms with Crippen molar-refractivity contribution in [2.24, 2.45) is 0 Å². The van der Waals surface area contributed by atoms with Crippen LogP contribution in [-0.2, 0) is 4.79 Å². The number of nitrogens with zero attached hydrogens (tertiary/aromatic N) is 1. The molecule has 1 saturated heterocycles. The molecule has 1 aliphatic rings. The smallest absolute Gasteiger partial charge is 0.293 e. The van der Waals surface area contributed by atoms with E-state index in [2.05, 4.69) is 5.92 Å². The van der Waals surface area contributed by atoms with E-state index < -0.39 is 0 Å². The fourth-order valence-corrected chi connectivity index (χ4v) is 2.50. The van der Waals surface area contributed by atoms with Crippen molar-refractivity contribution < 1.29 is 19.4 Å². The van der Waals surface area contributed by atoms with Crippen LogP contribution in [0.15, 0.2) is 17.0 Å². The summed E-state index contributed by atoms with van der Waals surface area (Å²) in [5.41, 5.74) is 0.937. The number of ether oxygens (including phenoxy) is 1. The minimum absolute atomic E-state index is 0.0822. The van der Waals surface area contributed by atoms with Gasteiger partial charge >= 0.3 is 0 Å². The molecule has 0 unspecified atom stereocenters. The Morgan fingerprint density at radius 2 is 2.15 bits per heavy atom. The first kappa shape index (κ1) is 14.0. The van der Waals surface area contributed by atoms with E-state index in [0.717, 1.165) is 16.7 Å². The van der Waals surface area contributed by atoms with Gasteiger partial charge in [0.15, 0.2) is 11.5 Å². The van der Waals surface area contributed by atoms with Gasteiger partial charge in [0.1, 0.15) is 0 Å². The van der Waals surface area contributed by atoms with Crippen LogP contribution in [0.4, 0.5) is 4.79 Å². The van der Waals surface area contributed by atoms with Crippen LogP contribution in [0.1, 0.15) is 11.1 Å². The van der Waals surface area contributed by atoms with E-state index in [1.165, 1.54) is 32.4 Å². The van der Waals surface area contributed by atoms with Gasteiger partial charge in [-0.05, 0) is 35.5 Å². The number of hydrogen-bond acceptors (Lipinski definition) is 5. The number of rotatable bonds is 2. The second-order valence-corrected chi connectivity index (χ2v) is 4.99. The normalized spacial score (nSPS) is 16.6. The molecule has 0 bridgehead atoms. The van der Waals surface area contributed by atoms with Gasteiger partial charge in [-0.3, -0.25) is 14.5 Å². The number of benzene rings is 1. The summed E-state index contributed by atoms with van der Waals surface area (Å²) in [5.74, 6) is 2.20. The molecule has 20 heavy (non-hydrogen) atoms. The van der Waals surface area contributed by atoms with E-state index in [4.69, 9.17) is 11.2 Å². The Kier molecular flexibility index (Phi) is 3.72. The average Bonchev–Trinajstić information content (AvgIpc) is 2.67. The Hall–Kier alpha value is -2.39. The lowest BCUT2D eigenvalue weighted by atomic mass is 10.1. The van der Waals surface area contributed by atoms with Crippen LogP contribution in [0.2, 0.25) is 0 Å². The van der Waals surface area contributed by atoms with Crippen molar-refractivity contribution >= 4 is 29.0 Å². The molecule has 2 rings (SSSR count). The SMILES string of the molecule is C#Cc1cc(O)c(OC)cc1/C=C1\SC(=O)N(C)C1=O. The topological polar surface area (TPSA) is 66.8 Å². The molecular weight excluding hydrogens is 278 g/mol. The van der Waals surface area contributed by atoms with Gasteiger partial charge < -0.3 is 9.84 Å². The summed E-state index contributed by atoms with van der Waals surface area (Å²) in [7, 11) is 2.83. The molecule has 0 spiro atoms. The number of likely N-dealkylation sites (N-methyl/N-ethyl adjacent to an activating group) is 1. The van der Waals surface area contributed by atoms with Crippen LogP contribution >= 0.6 is 11.8 Å². The molecule has 1 aromatic rings. The summed E-state index contributed by atoms with van der Waals surface area (Å²) < 4.78 is 5.00. The largest absolute Gasteiger partial charge is 0.504 e. The van der Waals surface area contributed by atoms with Crippen molar-refractivity contribution in [3.63, 3.8) is 0 Å². The van der Waals surface area contributed by atoms with Crippen LogP contribution in [0.3, 0.4) is 0 Å². The van der Waals surface area contributed by atoms with E-state index in [0.29, 0.717) is 11.1 Å². The first-order chi connectivity index (χ1) is 9.47. The van der Waals surface area contributed by atoms with Gasteiger partial charge in [0.25, 0.3) is 11.1 Å². The number of imide groups is 1. The second kappa shape index (κ2) is 5.31. The van der Waals surface area contributed by atoms with Gasteiger partial charge in [0.05, 0.1) is 12.0 Å². The first-order valence-electron chi connectivity index (χ1n) is 5.57. The third-order valence-electron chi connectivity index (χ3n) is 2.78. The molecule has 6 heteroatoms. The summed E-state index contributed by atoms with van der Waals surface area (Å²) in [6, 6.07) is 2.90. The molecule has 2 amide bonds. The number of carbonyl (C=O) groups is 2. The van der Waals surface area contributed by atoms with E-state index in [1.807, 2.05) is 0 Å². The number of aromatic hydroxyl groups is 1.